The van der Waals surface area contributed by atoms with Gasteiger partial charge in [0.15, 0.2) is 0 Å². The summed E-state index contributed by atoms with van der Waals surface area (Å²) in [6.45, 7) is 4.83. The standard InChI is InChI=1S/C20H24N4O4/c1-14-5-2-3-6-15(14)19-21-17(28-22-19)13-18(25)24-8-4-7-16(24)20(26)23-9-11-27-12-10-23/h2-3,5-6,16H,4,7-13H2,1H3. The quantitative estimate of drug-likeness (QED) is 0.793. The summed E-state index contributed by atoms with van der Waals surface area (Å²) in [6.07, 6.45) is 1.52. The molecule has 0 spiro atoms. The molecular formula is C20H24N4O4. The highest BCUT2D eigenvalue weighted by Crippen LogP contribution is 2.23. The summed E-state index contributed by atoms with van der Waals surface area (Å²) >= 11 is 0. The van der Waals surface area contributed by atoms with Crippen molar-refractivity contribution in [3.63, 3.8) is 0 Å². The fourth-order valence-corrected chi connectivity index (χ4v) is 3.81. The monoisotopic (exact) mass is 384 g/mol. The number of benzene rings is 1. The van der Waals surface area contributed by atoms with Gasteiger partial charge in [-0.1, -0.05) is 29.4 Å². The molecule has 1 aromatic heterocycles. The van der Waals surface area contributed by atoms with Crippen molar-refractivity contribution < 1.29 is 18.8 Å². The van der Waals surface area contributed by atoms with Gasteiger partial charge in [-0.15, -0.1) is 0 Å². The molecule has 1 aromatic carbocycles. The van der Waals surface area contributed by atoms with Crippen molar-refractivity contribution in [2.24, 2.45) is 0 Å². The number of carbonyl (C=O) groups is 2. The van der Waals surface area contributed by atoms with Gasteiger partial charge in [0.1, 0.15) is 12.5 Å². The molecule has 2 aromatic rings. The molecule has 0 N–H and O–H groups in total. The maximum atomic E-state index is 12.8. The average Bonchev–Trinajstić information content (AvgIpc) is 3.38. The van der Waals surface area contributed by atoms with Crippen LogP contribution in [-0.2, 0) is 20.7 Å². The number of hydrogen-bond donors (Lipinski definition) is 0. The fourth-order valence-electron chi connectivity index (χ4n) is 3.81. The van der Waals surface area contributed by atoms with Gasteiger partial charge in [-0.3, -0.25) is 9.59 Å². The van der Waals surface area contributed by atoms with Crippen molar-refractivity contribution >= 4 is 11.8 Å². The van der Waals surface area contributed by atoms with Crippen molar-refractivity contribution in [2.75, 3.05) is 32.8 Å². The average molecular weight is 384 g/mol. The Balaban J connectivity index is 1.43. The second-order valence-electron chi connectivity index (χ2n) is 7.19. The first-order valence-corrected chi connectivity index (χ1v) is 9.68. The first-order chi connectivity index (χ1) is 13.6. The molecule has 148 valence electrons. The Hall–Kier alpha value is -2.74. The summed E-state index contributed by atoms with van der Waals surface area (Å²) in [5.41, 5.74) is 1.92. The van der Waals surface area contributed by atoms with Crippen LogP contribution in [0.2, 0.25) is 0 Å². The molecule has 2 saturated heterocycles. The van der Waals surface area contributed by atoms with Crippen LogP contribution in [0, 0.1) is 6.92 Å². The molecular weight excluding hydrogens is 360 g/mol. The van der Waals surface area contributed by atoms with Gasteiger partial charge in [0.25, 0.3) is 0 Å². The zero-order chi connectivity index (χ0) is 19.5. The van der Waals surface area contributed by atoms with Gasteiger partial charge in [-0.25, -0.2) is 0 Å². The Morgan fingerprint density at radius 1 is 1.18 bits per heavy atom. The Labute approximate surface area is 163 Å². The summed E-state index contributed by atoms with van der Waals surface area (Å²) in [7, 11) is 0. The van der Waals surface area contributed by atoms with Crippen LogP contribution in [0.25, 0.3) is 11.4 Å². The van der Waals surface area contributed by atoms with E-state index in [1.54, 1.807) is 9.80 Å². The highest BCUT2D eigenvalue weighted by molar-refractivity contribution is 5.89. The lowest BCUT2D eigenvalue weighted by atomic mass is 10.1. The van der Waals surface area contributed by atoms with Crippen LogP contribution in [0.3, 0.4) is 0 Å². The second-order valence-corrected chi connectivity index (χ2v) is 7.19. The van der Waals surface area contributed by atoms with E-state index in [4.69, 9.17) is 9.26 Å². The molecule has 1 unspecified atom stereocenters. The largest absolute Gasteiger partial charge is 0.378 e. The summed E-state index contributed by atoms with van der Waals surface area (Å²) in [5, 5.41) is 4.01. The minimum atomic E-state index is -0.399. The van der Waals surface area contributed by atoms with Crippen LogP contribution in [0.4, 0.5) is 0 Å². The number of hydrogen-bond acceptors (Lipinski definition) is 6. The van der Waals surface area contributed by atoms with Gasteiger partial charge in [0.2, 0.25) is 23.5 Å². The van der Waals surface area contributed by atoms with Crippen molar-refractivity contribution in [1.82, 2.24) is 19.9 Å². The molecule has 1 atom stereocenters. The first kappa shape index (κ1) is 18.6. The van der Waals surface area contributed by atoms with Crippen LogP contribution in [0.15, 0.2) is 28.8 Å². The highest BCUT2D eigenvalue weighted by atomic mass is 16.5. The number of ether oxygens (including phenoxy) is 1. The smallest absolute Gasteiger partial charge is 0.245 e. The maximum absolute atomic E-state index is 12.8. The predicted octanol–water partition coefficient (Wildman–Crippen LogP) is 1.44. The van der Waals surface area contributed by atoms with Gasteiger partial charge in [0.05, 0.1) is 13.2 Å². The molecule has 2 aliphatic rings. The van der Waals surface area contributed by atoms with Crippen LogP contribution in [0.1, 0.15) is 24.3 Å². The van der Waals surface area contributed by atoms with Crippen molar-refractivity contribution in [1.29, 1.82) is 0 Å². The van der Waals surface area contributed by atoms with Crippen molar-refractivity contribution in [2.45, 2.75) is 32.2 Å². The van der Waals surface area contributed by atoms with E-state index in [9.17, 15) is 9.59 Å². The minimum Gasteiger partial charge on any atom is -0.378 e. The van der Waals surface area contributed by atoms with E-state index in [-0.39, 0.29) is 24.1 Å². The van der Waals surface area contributed by atoms with E-state index >= 15 is 0 Å². The van der Waals surface area contributed by atoms with Gasteiger partial charge in [-0.2, -0.15) is 4.98 Å². The number of aromatic nitrogens is 2. The van der Waals surface area contributed by atoms with Crippen molar-refractivity contribution in [3.8, 4) is 11.4 Å². The SMILES string of the molecule is Cc1ccccc1-c1noc(CC(=O)N2CCCC2C(=O)N2CCOCC2)n1. The third kappa shape index (κ3) is 3.77. The van der Waals surface area contributed by atoms with Gasteiger partial charge < -0.3 is 19.1 Å². The number of amides is 2. The molecule has 4 rings (SSSR count). The second kappa shape index (κ2) is 8.10. The summed E-state index contributed by atoms with van der Waals surface area (Å²) in [4.78, 5) is 33.5. The molecule has 0 saturated carbocycles. The van der Waals surface area contributed by atoms with E-state index < -0.39 is 6.04 Å². The summed E-state index contributed by atoms with van der Waals surface area (Å²) < 4.78 is 10.6. The number of morpholine rings is 1. The van der Waals surface area contributed by atoms with E-state index in [0.717, 1.165) is 17.5 Å². The number of carbonyl (C=O) groups excluding carboxylic acids is 2. The number of aryl methyl sites for hydroxylation is 1. The molecule has 8 nitrogen and oxygen atoms in total. The lowest BCUT2D eigenvalue weighted by molar-refractivity contribution is -0.146. The third-order valence-electron chi connectivity index (χ3n) is 5.34. The molecule has 3 heterocycles. The van der Waals surface area contributed by atoms with E-state index in [2.05, 4.69) is 10.1 Å². The Bertz CT molecular complexity index is 859. The number of nitrogens with zero attached hydrogens (tertiary/aromatic N) is 4. The molecule has 2 aliphatic heterocycles. The zero-order valence-corrected chi connectivity index (χ0v) is 16.0. The molecule has 0 bridgehead atoms. The van der Waals surface area contributed by atoms with Crippen LogP contribution < -0.4 is 0 Å². The maximum Gasteiger partial charge on any atom is 0.245 e. The van der Waals surface area contributed by atoms with E-state index in [1.165, 1.54) is 0 Å². The Kier molecular flexibility index (Phi) is 5.38. The molecule has 2 fully saturated rings. The van der Waals surface area contributed by atoms with Crippen molar-refractivity contribution in [3.05, 3.63) is 35.7 Å². The molecule has 8 heteroatoms. The van der Waals surface area contributed by atoms with Crippen LogP contribution >= 0.6 is 0 Å². The zero-order valence-electron chi connectivity index (χ0n) is 16.0. The van der Waals surface area contributed by atoms with E-state index in [0.29, 0.717) is 45.1 Å². The molecule has 0 radical (unpaired) electrons. The van der Waals surface area contributed by atoms with E-state index in [1.807, 2.05) is 31.2 Å². The molecule has 0 aliphatic carbocycles. The molecule has 2 amide bonds. The lowest BCUT2D eigenvalue weighted by Gasteiger charge is -2.32. The predicted molar refractivity (Wildman–Crippen MR) is 100 cm³/mol. The Morgan fingerprint density at radius 2 is 1.96 bits per heavy atom. The topological polar surface area (TPSA) is 88.8 Å². The third-order valence-corrected chi connectivity index (χ3v) is 5.34. The molecule has 28 heavy (non-hydrogen) atoms. The van der Waals surface area contributed by atoms with Gasteiger partial charge in [0, 0.05) is 25.2 Å². The van der Waals surface area contributed by atoms with Gasteiger partial charge in [-0.05, 0) is 25.3 Å². The lowest BCUT2D eigenvalue weighted by Crippen LogP contribution is -2.51. The normalized spacial score (nSPS) is 19.8. The minimum absolute atomic E-state index is 0.00573. The summed E-state index contributed by atoms with van der Waals surface area (Å²) in [6, 6.07) is 7.36. The number of rotatable bonds is 4. The van der Waals surface area contributed by atoms with Crippen LogP contribution in [0.5, 0.6) is 0 Å². The van der Waals surface area contributed by atoms with Gasteiger partial charge >= 0.3 is 0 Å². The fraction of sp³-hybridized carbons (Fsp3) is 0.500. The first-order valence-electron chi connectivity index (χ1n) is 9.68. The van der Waals surface area contributed by atoms with Crippen LogP contribution in [-0.4, -0.2) is 70.6 Å². The number of likely N-dealkylation sites (tertiary alicyclic amines) is 1. The highest BCUT2D eigenvalue weighted by Gasteiger charge is 2.37. The Morgan fingerprint density at radius 3 is 2.75 bits per heavy atom. The summed E-state index contributed by atoms with van der Waals surface area (Å²) in [5.74, 6) is 0.611.